The summed E-state index contributed by atoms with van der Waals surface area (Å²) in [6.07, 6.45) is -1.55. The molecule has 14 heteroatoms. The van der Waals surface area contributed by atoms with Gasteiger partial charge in [-0.3, -0.25) is 9.59 Å². The summed E-state index contributed by atoms with van der Waals surface area (Å²) in [4.78, 5) is 38.4. The van der Waals surface area contributed by atoms with Crippen molar-refractivity contribution in [3.8, 4) is 0 Å². The molecule has 0 bridgehead atoms. The van der Waals surface area contributed by atoms with Gasteiger partial charge in [0.1, 0.15) is 19.9 Å². The van der Waals surface area contributed by atoms with Gasteiger partial charge >= 0.3 is 5.82 Å². The van der Waals surface area contributed by atoms with Gasteiger partial charge in [0.15, 0.2) is 0 Å². The van der Waals surface area contributed by atoms with Crippen molar-refractivity contribution in [3.63, 3.8) is 0 Å². The van der Waals surface area contributed by atoms with Crippen LogP contribution in [0.2, 0.25) is 0 Å². The number of fused-ring (bicyclic) bond motifs is 1. The number of hydrogen-bond donors (Lipinski definition) is 2. The summed E-state index contributed by atoms with van der Waals surface area (Å²) in [6.45, 7) is 1.59. The molecule has 0 aliphatic rings. The molecule has 0 radical (unpaired) electrons. The van der Waals surface area contributed by atoms with Gasteiger partial charge in [0.2, 0.25) is 5.91 Å². The molecule has 0 unspecified atom stereocenters. The van der Waals surface area contributed by atoms with Crippen LogP contribution in [0, 0.1) is 17.0 Å². The van der Waals surface area contributed by atoms with Crippen molar-refractivity contribution >= 4 is 60.8 Å². The topological polar surface area (TPSA) is 146 Å². The number of amides is 2. The lowest BCUT2D eigenvalue weighted by atomic mass is 10.1. The van der Waals surface area contributed by atoms with Crippen LogP contribution in [0.15, 0.2) is 16.7 Å². The molecule has 0 aliphatic carbocycles. The van der Waals surface area contributed by atoms with E-state index in [2.05, 4.69) is 31.3 Å². The summed E-state index contributed by atoms with van der Waals surface area (Å²) < 4.78 is 27.4. The number of halogens is 3. The van der Waals surface area contributed by atoms with Crippen LogP contribution in [0.25, 0.3) is 10.2 Å². The number of carbonyl (C=O) groups excluding carboxylic acids is 2. The zero-order valence-electron chi connectivity index (χ0n) is 15.2. The largest absolute Gasteiger partial charge is 0.404 e. The highest BCUT2D eigenvalue weighted by Gasteiger charge is 2.24. The number of nitrogens with zero attached hydrogens (tertiary/aromatic N) is 4. The normalized spacial score (nSPS) is 11.2. The molecule has 158 valence electrons. The van der Waals surface area contributed by atoms with Crippen molar-refractivity contribution in [2.45, 2.75) is 26.3 Å². The highest BCUT2D eigenvalue weighted by molar-refractivity contribution is 9.10. The number of aryl methyl sites for hydroxylation is 2. The van der Waals surface area contributed by atoms with Crippen molar-refractivity contribution in [2.24, 2.45) is 5.73 Å². The first-order valence-electron chi connectivity index (χ1n) is 8.27. The van der Waals surface area contributed by atoms with Crippen molar-refractivity contribution < 1.29 is 23.3 Å². The standard InChI is InChI=1S/C16H13BrF2N6O4S/c1-6-4-8(13(18)19)21-16-10(6)11(12(30-16)14(20)27)22-9(26)2-3-24-5-7(17)15(23-24)25(28)29/h4-5,13H,2-3H2,1H3,(H2,20,27)(H,22,26). The summed E-state index contributed by atoms with van der Waals surface area (Å²) in [5.41, 5.74) is 5.44. The lowest BCUT2D eigenvalue weighted by Crippen LogP contribution is -2.18. The van der Waals surface area contributed by atoms with Crippen molar-refractivity contribution in [3.05, 3.63) is 43.0 Å². The number of carbonyl (C=O) groups is 2. The number of alkyl halides is 2. The average Bonchev–Trinajstić information content (AvgIpc) is 3.21. The van der Waals surface area contributed by atoms with Gasteiger partial charge in [-0.15, -0.1) is 11.3 Å². The number of anilines is 1. The Morgan fingerprint density at radius 1 is 1.47 bits per heavy atom. The second-order valence-corrected chi connectivity index (χ2v) is 7.99. The fraction of sp³-hybridized carbons (Fsp3) is 0.250. The molecule has 0 fully saturated rings. The maximum absolute atomic E-state index is 13.0. The van der Waals surface area contributed by atoms with Crippen LogP contribution in [0.1, 0.15) is 33.8 Å². The van der Waals surface area contributed by atoms with Crippen molar-refractivity contribution in [1.82, 2.24) is 14.8 Å². The number of pyridine rings is 1. The van der Waals surface area contributed by atoms with Gasteiger partial charge in [0.05, 0.1) is 23.5 Å². The number of thiophene rings is 1. The SMILES string of the molecule is Cc1cc(C(F)F)nc2sc(C(N)=O)c(NC(=O)CCn3cc(Br)c([N+](=O)[O-])n3)c12. The van der Waals surface area contributed by atoms with Gasteiger partial charge in [-0.1, -0.05) is 0 Å². The molecule has 2 amide bonds. The molecule has 3 N–H and O–H groups in total. The zero-order chi connectivity index (χ0) is 22.2. The minimum absolute atomic E-state index is 0.0159. The molecule has 0 spiro atoms. The number of nitro groups is 1. The Balaban J connectivity index is 1.86. The number of hydrogen-bond acceptors (Lipinski definition) is 7. The Labute approximate surface area is 179 Å². The van der Waals surface area contributed by atoms with Crippen LogP contribution in [-0.2, 0) is 11.3 Å². The molecule has 0 aliphatic heterocycles. The van der Waals surface area contributed by atoms with Gasteiger partial charge in [-0.25, -0.2) is 13.8 Å². The third-order valence-electron chi connectivity index (χ3n) is 4.03. The Morgan fingerprint density at radius 3 is 2.73 bits per heavy atom. The molecule has 3 rings (SSSR count). The van der Waals surface area contributed by atoms with E-state index >= 15 is 0 Å². The van der Waals surface area contributed by atoms with Gasteiger partial charge in [-0.2, -0.15) is 4.68 Å². The van der Waals surface area contributed by atoms with Gasteiger partial charge in [0.25, 0.3) is 12.3 Å². The second-order valence-electron chi connectivity index (χ2n) is 6.13. The number of nitrogens with two attached hydrogens (primary N) is 1. The van der Waals surface area contributed by atoms with E-state index < -0.39 is 28.9 Å². The van der Waals surface area contributed by atoms with Crippen molar-refractivity contribution in [1.29, 1.82) is 0 Å². The third kappa shape index (κ3) is 4.28. The Kier molecular flexibility index (Phi) is 6.07. The zero-order valence-corrected chi connectivity index (χ0v) is 17.6. The Morgan fingerprint density at radius 2 is 2.17 bits per heavy atom. The minimum atomic E-state index is -2.79. The molecule has 30 heavy (non-hydrogen) atoms. The highest BCUT2D eigenvalue weighted by Crippen LogP contribution is 2.38. The lowest BCUT2D eigenvalue weighted by Gasteiger charge is -2.08. The summed E-state index contributed by atoms with van der Waals surface area (Å²) >= 11 is 3.82. The molecule has 0 atom stereocenters. The van der Waals surface area contributed by atoms with E-state index in [4.69, 9.17) is 5.73 Å². The number of aromatic nitrogens is 3. The first-order chi connectivity index (χ1) is 14.1. The highest BCUT2D eigenvalue weighted by atomic mass is 79.9. The third-order valence-corrected chi connectivity index (χ3v) is 5.69. The predicted molar refractivity (Wildman–Crippen MR) is 108 cm³/mol. The molecule has 3 aromatic rings. The first kappa shape index (κ1) is 21.7. The van der Waals surface area contributed by atoms with E-state index in [1.807, 2.05) is 0 Å². The van der Waals surface area contributed by atoms with Crippen LogP contribution in [0.3, 0.4) is 0 Å². The number of nitrogens with one attached hydrogen (secondary N) is 1. The molecule has 3 heterocycles. The average molecular weight is 503 g/mol. The molecular formula is C16H13BrF2N6O4S. The quantitative estimate of drug-likeness (QED) is 0.373. The Bertz CT molecular complexity index is 1180. The van der Waals surface area contributed by atoms with Gasteiger partial charge in [-0.05, 0) is 39.4 Å². The summed E-state index contributed by atoms with van der Waals surface area (Å²) in [6, 6.07) is 1.18. The van der Waals surface area contributed by atoms with E-state index in [9.17, 15) is 28.5 Å². The van der Waals surface area contributed by atoms with E-state index in [1.165, 1.54) is 16.9 Å². The smallest absolute Gasteiger partial charge is 0.365 e. The molecule has 0 saturated carbocycles. The molecular weight excluding hydrogens is 490 g/mol. The molecule has 0 aromatic carbocycles. The minimum Gasteiger partial charge on any atom is -0.365 e. The van der Waals surface area contributed by atoms with Gasteiger partial charge in [0, 0.05) is 11.8 Å². The van der Waals surface area contributed by atoms with E-state index in [1.54, 1.807) is 6.92 Å². The fourth-order valence-corrected chi connectivity index (χ4v) is 4.28. The maximum Gasteiger partial charge on any atom is 0.404 e. The number of primary amides is 1. The van der Waals surface area contributed by atoms with Crippen molar-refractivity contribution in [2.75, 3.05) is 5.32 Å². The monoisotopic (exact) mass is 502 g/mol. The molecule has 10 nitrogen and oxygen atoms in total. The van der Waals surface area contributed by atoms with E-state index in [-0.39, 0.29) is 38.7 Å². The van der Waals surface area contributed by atoms with E-state index in [0.717, 1.165) is 11.3 Å². The summed E-state index contributed by atoms with van der Waals surface area (Å²) in [5.74, 6) is -1.74. The predicted octanol–water partition coefficient (Wildman–Crippen LogP) is 3.54. The lowest BCUT2D eigenvalue weighted by molar-refractivity contribution is -0.390. The second kappa shape index (κ2) is 8.39. The van der Waals surface area contributed by atoms with Gasteiger partial charge < -0.3 is 21.2 Å². The van der Waals surface area contributed by atoms with Crippen LogP contribution in [-0.4, -0.2) is 31.5 Å². The fourth-order valence-electron chi connectivity index (χ4n) is 2.75. The summed E-state index contributed by atoms with van der Waals surface area (Å²) in [7, 11) is 0. The number of rotatable bonds is 7. The molecule has 3 aromatic heterocycles. The first-order valence-corrected chi connectivity index (χ1v) is 9.88. The van der Waals surface area contributed by atoms with E-state index in [0.29, 0.717) is 10.9 Å². The summed E-state index contributed by atoms with van der Waals surface area (Å²) in [5, 5.41) is 17.5. The Hall–Kier alpha value is -3.00. The van der Waals surface area contributed by atoms with Crippen LogP contribution in [0.4, 0.5) is 20.3 Å². The van der Waals surface area contributed by atoms with Crippen LogP contribution < -0.4 is 11.1 Å². The molecule has 0 saturated heterocycles. The maximum atomic E-state index is 13.0. The van der Waals surface area contributed by atoms with Crippen LogP contribution in [0.5, 0.6) is 0 Å². The van der Waals surface area contributed by atoms with Crippen LogP contribution >= 0.6 is 27.3 Å².